The molecule has 0 aromatic heterocycles. The minimum absolute atomic E-state index is 0.00534. The van der Waals surface area contributed by atoms with E-state index in [1.54, 1.807) is 0 Å². The molecule has 1 aromatic rings. The van der Waals surface area contributed by atoms with Crippen LogP contribution in [0.1, 0.15) is 51.7 Å². The molecule has 1 N–H and O–H groups in total. The first-order valence-corrected chi connectivity index (χ1v) is 11.7. The zero-order valence-corrected chi connectivity index (χ0v) is 19.8. The Balaban J connectivity index is 1.47. The summed E-state index contributed by atoms with van der Waals surface area (Å²) in [6.07, 6.45) is 9.41. The first kappa shape index (κ1) is 23.0. The van der Waals surface area contributed by atoms with Gasteiger partial charge in [-0.1, -0.05) is 68.1 Å². The van der Waals surface area contributed by atoms with Gasteiger partial charge in [-0.15, -0.1) is 0 Å². The van der Waals surface area contributed by atoms with Crippen LogP contribution in [0.4, 0.5) is 0 Å². The first-order chi connectivity index (χ1) is 15.2. The predicted octanol–water partition coefficient (Wildman–Crippen LogP) is 5.41. The molecule has 4 heteroatoms. The van der Waals surface area contributed by atoms with Crippen LogP contribution < -0.4 is 0 Å². The molecule has 7 atom stereocenters. The van der Waals surface area contributed by atoms with E-state index in [1.807, 2.05) is 27.7 Å². The van der Waals surface area contributed by atoms with Crippen molar-refractivity contribution in [2.24, 2.45) is 11.8 Å². The van der Waals surface area contributed by atoms with Gasteiger partial charge in [0, 0.05) is 11.8 Å². The number of hydrogen-bond donors (Lipinski definition) is 1. The zero-order valence-electron chi connectivity index (χ0n) is 19.8. The van der Waals surface area contributed by atoms with Gasteiger partial charge in [-0.05, 0) is 44.4 Å². The number of allylic oxidation sites excluding steroid dienone is 6. The van der Waals surface area contributed by atoms with Gasteiger partial charge in [-0.25, -0.2) is 0 Å². The van der Waals surface area contributed by atoms with Crippen LogP contribution in [-0.4, -0.2) is 41.7 Å². The largest absolute Gasteiger partial charge is 0.492 e. The third-order valence-electron chi connectivity index (χ3n) is 7.02. The number of benzene rings is 1. The minimum Gasteiger partial charge on any atom is -0.492 e. The van der Waals surface area contributed by atoms with Crippen molar-refractivity contribution in [3.63, 3.8) is 0 Å². The summed E-state index contributed by atoms with van der Waals surface area (Å²) in [5.41, 5.74) is 2.85. The number of aliphatic hydroxyl groups excluding tert-OH is 1. The van der Waals surface area contributed by atoms with Crippen molar-refractivity contribution in [3.05, 3.63) is 77.6 Å². The molecule has 1 saturated heterocycles. The van der Waals surface area contributed by atoms with Crippen LogP contribution in [0.15, 0.2) is 66.5 Å². The number of fused-ring (bicyclic) bond motifs is 2. The van der Waals surface area contributed by atoms with Gasteiger partial charge in [0.15, 0.2) is 0 Å². The van der Waals surface area contributed by atoms with E-state index in [0.717, 1.165) is 6.61 Å². The summed E-state index contributed by atoms with van der Waals surface area (Å²) in [4.78, 5) is 0. The van der Waals surface area contributed by atoms with Crippen LogP contribution >= 0.6 is 0 Å². The Labute approximate surface area is 192 Å². The van der Waals surface area contributed by atoms with E-state index in [4.69, 9.17) is 14.2 Å². The van der Waals surface area contributed by atoms with Crippen molar-refractivity contribution < 1.29 is 19.3 Å². The van der Waals surface area contributed by atoms with Gasteiger partial charge in [-0.2, -0.15) is 0 Å². The summed E-state index contributed by atoms with van der Waals surface area (Å²) in [6.45, 7) is 15.0. The van der Waals surface area contributed by atoms with Gasteiger partial charge < -0.3 is 19.3 Å². The Bertz CT molecular complexity index is 941. The Morgan fingerprint density at radius 1 is 1.22 bits per heavy atom. The van der Waals surface area contributed by atoms with E-state index >= 15 is 0 Å². The SMILES string of the molecule is C=C(OC(C)C(O)C(C)(C)OC(C)C1OCC1C)C1c2ccccc2C=C2C=CC=CC21. The first-order valence-electron chi connectivity index (χ1n) is 11.7. The lowest BCUT2D eigenvalue weighted by Gasteiger charge is -2.43. The van der Waals surface area contributed by atoms with Crippen LogP contribution in [0.5, 0.6) is 0 Å². The van der Waals surface area contributed by atoms with Crippen molar-refractivity contribution in [2.45, 2.75) is 70.6 Å². The Morgan fingerprint density at radius 2 is 1.97 bits per heavy atom. The van der Waals surface area contributed by atoms with E-state index in [2.05, 4.69) is 68.1 Å². The van der Waals surface area contributed by atoms with E-state index < -0.39 is 17.8 Å². The second-order valence-corrected chi connectivity index (χ2v) is 9.96. The van der Waals surface area contributed by atoms with E-state index in [0.29, 0.717) is 11.7 Å². The molecule has 1 heterocycles. The molecular formula is C28H36O4. The Morgan fingerprint density at radius 3 is 2.66 bits per heavy atom. The van der Waals surface area contributed by atoms with E-state index in [1.165, 1.54) is 16.7 Å². The molecule has 1 fully saturated rings. The van der Waals surface area contributed by atoms with Crippen LogP contribution in [-0.2, 0) is 14.2 Å². The molecule has 4 nitrogen and oxygen atoms in total. The van der Waals surface area contributed by atoms with Crippen molar-refractivity contribution in [3.8, 4) is 0 Å². The molecule has 32 heavy (non-hydrogen) atoms. The van der Waals surface area contributed by atoms with Gasteiger partial charge in [0.2, 0.25) is 0 Å². The fourth-order valence-corrected chi connectivity index (χ4v) is 5.25. The molecule has 7 unspecified atom stereocenters. The summed E-state index contributed by atoms with van der Waals surface area (Å²) < 4.78 is 18.2. The topological polar surface area (TPSA) is 47.9 Å². The van der Waals surface area contributed by atoms with E-state index in [9.17, 15) is 5.11 Å². The number of ether oxygens (including phenoxy) is 3. The molecule has 0 bridgehead atoms. The molecule has 3 aliphatic rings. The highest BCUT2D eigenvalue weighted by molar-refractivity contribution is 5.67. The van der Waals surface area contributed by atoms with Crippen LogP contribution in [0, 0.1) is 11.8 Å². The van der Waals surface area contributed by atoms with E-state index in [-0.39, 0.29) is 24.0 Å². The predicted molar refractivity (Wildman–Crippen MR) is 128 cm³/mol. The smallest absolute Gasteiger partial charge is 0.124 e. The quantitative estimate of drug-likeness (QED) is 0.554. The molecule has 0 amide bonds. The summed E-state index contributed by atoms with van der Waals surface area (Å²) in [5.74, 6) is 1.31. The summed E-state index contributed by atoms with van der Waals surface area (Å²) in [7, 11) is 0. The summed E-state index contributed by atoms with van der Waals surface area (Å²) >= 11 is 0. The highest BCUT2D eigenvalue weighted by atomic mass is 16.6. The van der Waals surface area contributed by atoms with Crippen LogP contribution in [0.2, 0.25) is 0 Å². The molecular weight excluding hydrogens is 400 g/mol. The van der Waals surface area contributed by atoms with Crippen molar-refractivity contribution in [1.82, 2.24) is 0 Å². The average Bonchev–Trinajstić information content (AvgIpc) is 2.75. The number of aliphatic hydroxyl groups is 1. The van der Waals surface area contributed by atoms with Crippen LogP contribution in [0.3, 0.4) is 0 Å². The fraction of sp³-hybridized carbons (Fsp3) is 0.500. The normalized spacial score (nSPS) is 29.1. The second kappa shape index (κ2) is 9.01. The van der Waals surface area contributed by atoms with Crippen molar-refractivity contribution in [1.29, 1.82) is 0 Å². The average molecular weight is 437 g/mol. The standard InChI is InChI=1S/C28H36O4/c1-17-16-30-26(17)19(3)32-28(5,6)27(29)20(4)31-18(2)25-23-13-9-7-11-21(23)15-22-12-8-10-14-24(22)25/h7-15,17,19-20,23,25-27,29H,2,16H2,1,3-6H3. The molecule has 1 aliphatic heterocycles. The molecule has 172 valence electrons. The van der Waals surface area contributed by atoms with Gasteiger partial charge in [0.05, 0.1) is 36.1 Å². The lowest BCUT2D eigenvalue weighted by Crippen LogP contribution is -2.53. The maximum Gasteiger partial charge on any atom is 0.124 e. The maximum atomic E-state index is 11.1. The number of rotatable bonds is 8. The summed E-state index contributed by atoms with van der Waals surface area (Å²) in [6, 6.07) is 8.38. The molecule has 2 aliphatic carbocycles. The van der Waals surface area contributed by atoms with Crippen molar-refractivity contribution >= 4 is 6.08 Å². The Kier molecular flexibility index (Phi) is 6.49. The lowest BCUT2D eigenvalue weighted by molar-refractivity contribution is -0.227. The van der Waals surface area contributed by atoms with Crippen LogP contribution in [0.25, 0.3) is 6.08 Å². The van der Waals surface area contributed by atoms with Gasteiger partial charge in [-0.3, -0.25) is 0 Å². The van der Waals surface area contributed by atoms with Gasteiger partial charge >= 0.3 is 0 Å². The third-order valence-corrected chi connectivity index (χ3v) is 7.02. The maximum absolute atomic E-state index is 11.1. The second-order valence-electron chi connectivity index (χ2n) is 9.96. The highest BCUT2D eigenvalue weighted by Gasteiger charge is 2.42. The summed E-state index contributed by atoms with van der Waals surface area (Å²) in [5, 5.41) is 11.1. The van der Waals surface area contributed by atoms with Crippen molar-refractivity contribution in [2.75, 3.05) is 6.61 Å². The monoisotopic (exact) mass is 436 g/mol. The number of hydrogen-bond acceptors (Lipinski definition) is 4. The molecule has 4 rings (SSSR count). The zero-order chi connectivity index (χ0) is 23.0. The molecule has 1 aromatic carbocycles. The lowest BCUT2D eigenvalue weighted by atomic mass is 9.72. The molecule has 0 saturated carbocycles. The molecule has 0 radical (unpaired) electrons. The Hall–Kier alpha value is -2.14. The molecule has 0 spiro atoms. The van der Waals surface area contributed by atoms with Gasteiger partial charge in [0.25, 0.3) is 0 Å². The minimum atomic E-state index is -0.826. The third kappa shape index (κ3) is 4.36. The fourth-order valence-electron chi connectivity index (χ4n) is 5.25. The highest BCUT2D eigenvalue weighted by Crippen LogP contribution is 2.45. The van der Waals surface area contributed by atoms with Gasteiger partial charge in [0.1, 0.15) is 12.2 Å².